The maximum atomic E-state index is 13.2. The lowest BCUT2D eigenvalue weighted by atomic mass is 10.2. The van der Waals surface area contributed by atoms with Crippen molar-refractivity contribution < 1.29 is 13.9 Å². The van der Waals surface area contributed by atoms with Crippen LogP contribution in [0.4, 0.5) is 9.18 Å². The maximum absolute atomic E-state index is 13.2. The smallest absolute Gasteiger partial charge is 0.408 e. The molecule has 0 saturated heterocycles. The lowest BCUT2D eigenvalue weighted by molar-refractivity contribution is 0.0509. The summed E-state index contributed by atoms with van der Waals surface area (Å²) in [6.45, 7) is 7.34. The number of amides is 1. The first-order valence-electron chi connectivity index (χ1n) is 6.43. The summed E-state index contributed by atoms with van der Waals surface area (Å²) in [7, 11) is 0. The Morgan fingerprint density at radius 1 is 1.35 bits per heavy atom. The Kier molecular flexibility index (Phi) is 3.99. The van der Waals surface area contributed by atoms with Crippen LogP contribution in [0.15, 0.2) is 24.3 Å². The quantitative estimate of drug-likeness (QED) is 0.877. The summed E-state index contributed by atoms with van der Waals surface area (Å²) in [6.07, 6.45) is -0.450. The zero-order valence-corrected chi connectivity index (χ0v) is 12.8. The van der Waals surface area contributed by atoms with Crippen molar-refractivity contribution in [1.82, 2.24) is 5.32 Å². The fourth-order valence-corrected chi connectivity index (χ4v) is 2.89. The van der Waals surface area contributed by atoms with Crippen LogP contribution >= 0.6 is 11.3 Å². The predicted molar refractivity (Wildman–Crippen MR) is 79.6 cm³/mol. The summed E-state index contributed by atoms with van der Waals surface area (Å²) in [4.78, 5) is 12.7. The van der Waals surface area contributed by atoms with Crippen LogP contribution in [0, 0.1) is 5.82 Å². The molecule has 0 saturated carbocycles. The van der Waals surface area contributed by atoms with Crippen molar-refractivity contribution in [1.29, 1.82) is 0 Å². The average Bonchev–Trinajstić information content (AvgIpc) is 2.68. The molecule has 0 aliphatic heterocycles. The summed E-state index contributed by atoms with van der Waals surface area (Å²) < 4.78 is 19.3. The van der Waals surface area contributed by atoms with E-state index in [1.165, 1.54) is 23.5 Å². The van der Waals surface area contributed by atoms with E-state index in [2.05, 4.69) is 5.32 Å². The van der Waals surface area contributed by atoms with Crippen LogP contribution in [-0.4, -0.2) is 11.7 Å². The number of ether oxygens (including phenoxy) is 1. The summed E-state index contributed by atoms with van der Waals surface area (Å²) in [6, 6.07) is 6.46. The molecular weight excluding hydrogens is 277 g/mol. The van der Waals surface area contributed by atoms with Gasteiger partial charge in [0.2, 0.25) is 0 Å². The summed E-state index contributed by atoms with van der Waals surface area (Å²) in [5.74, 6) is -0.251. The highest BCUT2D eigenvalue weighted by molar-refractivity contribution is 7.19. The zero-order chi connectivity index (χ0) is 14.9. The predicted octanol–water partition coefficient (Wildman–Crippen LogP) is 4.63. The number of nitrogens with one attached hydrogen (secondary N) is 1. The van der Waals surface area contributed by atoms with Gasteiger partial charge in [-0.1, -0.05) is 6.07 Å². The number of fused-ring (bicyclic) bond motifs is 1. The number of thiophene rings is 1. The molecule has 2 rings (SSSR count). The molecule has 1 aromatic heterocycles. The Labute approximate surface area is 121 Å². The van der Waals surface area contributed by atoms with Crippen molar-refractivity contribution in [3.8, 4) is 0 Å². The minimum absolute atomic E-state index is 0.176. The number of carbonyl (C=O) groups excluding carboxylic acids is 1. The van der Waals surface area contributed by atoms with Crippen molar-refractivity contribution in [2.45, 2.75) is 39.3 Å². The molecule has 5 heteroatoms. The fourth-order valence-electron chi connectivity index (χ4n) is 1.79. The molecule has 0 spiro atoms. The first-order valence-corrected chi connectivity index (χ1v) is 7.25. The van der Waals surface area contributed by atoms with Gasteiger partial charge in [0.15, 0.2) is 0 Å². The number of hydrogen-bond donors (Lipinski definition) is 1. The molecule has 3 nitrogen and oxygen atoms in total. The third-order valence-corrected chi connectivity index (χ3v) is 3.94. The van der Waals surface area contributed by atoms with E-state index >= 15 is 0 Å². The topological polar surface area (TPSA) is 38.3 Å². The molecular formula is C15H18FNO2S. The van der Waals surface area contributed by atoms with Gasteiger partial charge in [0.05, 0.1) is 6.04 Å². The van der Waals surface area contributed by atoms with Crippen LogP contribution in [0.5, 0.6) is 0 Å². The Morgan fingerprint density at radius 2 is 2.05 bits per heavy atom. The molecule has 0 aliphatic carbocycles. The average molecular weight is 295 g/mol. The van der Waals surface area contributed by atoms with E-state index in [1.807, 2.05) is 33.8 Å². The Hall–Kier alpha value is -1.62. The van der Waals surface area contributed by atoms with E-state index in [4.69, 9.17) is 4.74 Å². The minimum Gasteiger partial charge on any atom is -0.444 e. The highest BCUT2D eigenvalue weighted by Gasteiger charge is 2.19. The van der Waals surface area contributed by atoms with Gasteiger partial charge in [0.1, 0.15) is 11.4 Å². The maximum Gasteiger partial charge on any atom is 0.408 e. The molecule has 1 N–H and O–H groups in total. The van der Waals surface area contributed by atoms with E-state index < -0.39 is 11.7 Å². The normalized spacial score (nSPS) is 13.2. The molecule has 0 aliphatic rings. The van der Waals surface area contributed by atoms with Crippen molar-refractivity contribution in [3.63, 3.8) is 0 Å². The third kappa shape index (κ3) is 3.70. The molecule has 1 aromatic carbocycles. The number of alkyl carbamates (subject to hydrolysis) is 1. The molecule has 1 amide bonds. The van der Waals surface area contributed by atoms with Gasteiger partial charge in [-0.15, -0.1) is 11.3 Å². The van der Waals surface area contributed by atoms with Gasteiger partial charge in [0, 0.05) is 9.58 Å². The summed E-state index contributed by atoms with van der Waals surface area (Å²) in [5, 5.41) is 3.76. The molecule has 2 aromatic rings. The van der Waals surface area contributed by atoms with Crippen molar-refractivity contribution in [2.75, 3.05) is 0 Å². The van der Waals surface area contributed by atoms with Crippen LogP contribution in [-0.2, 0) is 4.74 Å². The number of hydrogen-bond acceptors (Lipinski definition) is 3. The van der Waals surface area contributed by atoms with Gasteiger partial charge in [-0.2, -0.15) is 0 Å². The largest absolute Gasteiger partial charge is 0.444 e. The van der Waals surface area contributed by atoms with Crippen molar-refractivity contribution in [2.24, 2.45) is 0 Å². The van der Waals surface area contributed by atoms with Gasteiger partial charge in [0.25, 0.3) is 0 Å². The van der Waals surface area contributed by atoms with E-state index in [0.29, 0.717) is 0 Å². The first kappa shape index (κ1) is 14.8. The molecule has 108 valence electrons. The van der Waals surface area contributed by atoms with Crippen LogP contribution in [0.25, 0.3) is 10.1 Å². The molecule has 1 heterocycles. The van der Waals surface area contributed by atoms with Crippen molar-refractivity contribution >= 4 is 27.5 Å². The number of benzene rings is 1. The molecule has 0 bridgehead atoms. The Morgan fingerprint density at radius 3 is 2.70 bits per heavy atom. The van der Waals surface area contributed by atoms with Crippen LogP contribution in [0.1, 0.15) is 38.6 Å². The second kappa shape index (κ2) is 5.40. The standard InChI is InChI=1S/C15H18FNO2S/c1-9(17-14(18)19-15(2,3)4)12-7-10-5-6-11(16)8-13(10)20-12/h5-9H,1-4H3,(H,17,18)/t9-/m1/s1. The number of halogens is 1. The van der Waals surface area contributed by atoms with Gasteiger partial charge in [-0.3, -0.25) is 0 Å². The first-order chi connectivity index (χ1) is 9.24. The molecule has 0 radical (unpaired) electrons. The van der Waals surface area contributed by atoms with Crippen molar-refractivity contribution in [3.05, 3.63) is 35.0 Å². The second-order valence-electron chi connectivity index (χ2n) is 5.70. The summed E-state index contributed by atoms with van der Waals surface area (Å²) >= 11 is 1.47. The lowest BCUT2D eigenvalue weighted by Crippen LogP contribution is -2.33. The second-order valence-corrected chi connectivity index (χ2v) is 6.81. The number of carbonyl (C=O) groups is 1. The molecule has 1 atom stereocenters. The van der Waals surface area contributed by atoms with E-state index in [-0.39, 0.29) is 11.9 Å². The summed E-state index contributed by atoms with van der Waals surface area (Å²) in [5.41, 5.74) is -0.521. The Balaban J connectivity index is 2.11. The van der Waals surface area contributed by atoms with Crippen LogP contribution in [0.3, 0.4) is 0 Å². The molecule has 0 fully saturated rings. The zero-order valence-electron chi connectivity index (χ0n) is 12.0. The molecule has 20 heavy (non-hydrogen) atoms. The van der Waals surface area contributed by atoms with Gasteiger partial charge < -0.3 is 10.1 Å². The van der Waals surface area contributed by atoms with E-state index in [0.717, 1.165) is 15.0 Å². The van der Waals surface area contributed by atoms with Gasteiger partial charge >= 0.3 is 6.09 Å². The molecule has 0 unspecified atom stereocenters. The lowest BCUT2D eigenvalue weighted by Gasteiger charge is -2.21. The third-order valence-electron chi connectivity index (χ3n) is 2.66. The monoisotopic (exact) mass is 295 g/mol. The number of rotatable bonds is 2. The van der Waals surface area contributed by atoms with E-state index in [1.54, 1.807) is 6.07 Å². The van der Waals surface area contributed by atoms with Crippen LogP contribution in [0.2, 0.25) is 0 Å². The highest BCUT2D eigenvalue weighted by atomic mass is 32.1. The highest BCUT2D eigenvalue weighted by Crippen LogP contribution is 2.30. The van der Waals surface area contributed by atoms with Crippen LogP contribution < -0.4 is 5.32 Å². The van der Waals surface area contributed by atoms with Gasteiger partial charge in [-0.25, -0.2) is 9.18 Å². The SMILES string of the molecule is C[C@@H](NC(=O)OC(C)(C)C)c1cc2ccc(F)cc2s1. The fraction of sp³-hybridized carbons (Fsp3) is 0.400. The van der Waals surface area contributed by atoms with E-state index in [9.17, 15) is 9.18 Å². The Bertz CT molecular complexity index is 630. The minimum atomic E-state index is -0.521. The van der Waals surface area contributed by atoms with Gasteiger partial charge in [-0.05, 0) is 51.3 Å².